The minimum atomic E-state index is -0.152. The largest absolute Gasteiger partial charge is 0.229 e. The first-order valence-electron chi connectivity index (χ1n) is 5.51. The molecule has 1 saturated heterocycles. The van der Waals surface area contributed by atoms with Gasteiger partial charge in [0.25, 0.3) is 0 Å². The lowest BCUT2D eigenvalue weighted by atomic mass is 9.86. The molecule has 15 heavy (non-hydrogen) atoms. The van der Waals surface area contributed by atoms with Crippen molar-refractivity contribution < 1.29 is 9.78 Å². The van der Waals surface area contributed by atoms with Gasteiger partial charge in [-0.1, -0.05) is 44.2 Å². The second kappa shape index (κ2) is 3.95. The molecule has 2 heteroatoms. The van der Waals surface area contributed by atoms with Gasteiger partial charge in [0, 0.05) is 6.42 Å². The molecule has 2 atom stereocenters. The minimum absolute atomic E-state index is 0.0820. The lowest BCUT2D eigenvalue weighted by molar-refractivity contribution is -0.332. The van der Waals surface area contributed by atoms with Crippen molar-refractivity contribution in [3.63, 3.8) is 0 Å². The third-order valence-electron chi connectivity index (χ3n) is 3.34. The van der Waals surface area contributed by atoms with Crippen molar-refractivity contribution in [2.45, 2.75) is 38.9 Å². The Morgan fingerprint density at radius 1 is 1.27 bits per heavy atom. The standard InChI is InChI=1S/C13H18O2/c1-10(2)13(3)9-12(14-15-13)11-7-5-4-6-8-11/h4-8,10,12H,9H2,1-3H3. The van der Waals surface area contributed by atoms with Crippen LogP contribution < -0.4 is 0 Å². The van der Waals surface area contributed by atoms with E-state index in [-0.39, 0.29) is 11.7 Å². The molecule has 2 rings (SSSR count). The summed E-state index contributed by atoms with van der Waals surface area (Å²) in [6.45, 7) is 6.44. The predicted octanol–water partition coefficient (Wildman–Crippen LogP) is 3.49. The molecule has 0 N–H and O–H groups in total. The third kappa shape index (κ3) is 2.06. The fraction of sp³-hybridized carbons (Fsp3) is 0.538. The van der Waals surface area contributed by atoms with Gasteiger partial charge in [-0.25, -0.2) is 9.78 Å². The van der Waals surface area contributed by atoms with Crippen molar-refractivity contribution in [3.05, 3.63) is 35.9 Å². The summed E-state index contributed by atoms with van der Waals surface area (Å²) in [4.78, 5) is 10.9. The monoisotopic (exact) mass is 206 g/mol. The molecule has 0 saturated carbocycles. The van der Waals surface area contributed by atoms with Crippen LogP contribution in [0.5, 0.6) is 0 Å². The van der Waals surface area contributed by atoms with E-state index in [0.717, 1.165) is 6.42 Å². The highest BCUT2D eigenvalue weighted by Gasteiger charge is 2.41. The van der Waals surface area contributed by atoms with E-state index in [1.54, 1.807) is 0 Å². The lowest BCUT2D eigenvalue weighted by Crippen LogP contribution is -2.29. The zero-order valence-electron chi connectivity index (χ0n) is 9.57. The number of hydrogen-bond acceptors (Lipinski definition) is 2. The molecule has 1 aromatic rings. The number of hydrogen-bond donors (Lipinski definition) is 0. The molecule has 1 aliphatic heterocycles. The molecule has 2 unspecified atom stereocenters. The van der Waals surface area contributed by atoms with Crippen LogP contribution in [0.4, 0.5) is 0 Å². The third-order valence-corrected chi connectivity index (χ3v) is 3.34. The Hall–Kier alpha value is -0.860. The van der Waals surface area contributed by atoms with Crippen LogP contribution in [0, 0.1) is 5.92 Å². The topological polar surface area (TPSA) is 18.5 Å². The summed E-state index contributed by atoms with van der Waals surface area (Å²) in [6, 6.07) is 10.2. The van der Waals surface area contributed by atoms with E-state index < -0.39 is 0 Å². The second-order valence-corrected chi connectivity index (χ2v) is 4.75. The highest BCUT2D eigenvalue weighted by Crippen LogP contribution is 2.41. The molecule has 82 valence electrons. The highest BCUT2D eigenvalue weighted by atomic mass is 17.2. The smallest absolute Gasteiger partial charge is 0.121 e. The van der Waals surface area contributed by atoms with E-state index in [1.807, 2.05) is 18.2 Å². The molecule has 1 aromatic carbocycles. The SMILES string of the molecule is CC(C)C1(C)CC(c2ccccc2)OO1. The van der Waals surface area contributed by atoms with Crippen LogP contribution >= 0.6 is 0 Å². The summed E-state index contributed by atoms with van der Waals surface area (Å²) in [7, 11) is 0. The minimum Gasteiger partial charge on any atom is -0.229 e. The quantitative estimate of drug-likeness (QED) is 0.689. The van der Waals surface area contributed by atoms with Crippen molar-refractivity contribution >= 4 is 0 Å². The Balaban J connectivity index is 2.11. The first-order chi connectivity index (χ1) is 7.12. The van der Waals surface area contributed by atoms with E-state index in [1.165, 1.54) is 5.56 Å². The molecule has 0 amide bonds. The van der Waals surface area contributed by atoms with Crippen molar-refractivity contribution in [1.82, 2.24) is 0 Å². The molecule has 0 aromatic heterocycles. The van der Waals surface area contributed by atoms with Gasteiger partial charge in [0.15, 0.2) is 0 Å². The van der Waals surface area contributed by atoms with Crippen LogP contribution in [0.15, 0.2) is 30.3 Å². The van der Waals surface area contributed by atoms with Crippen molar-refractivity contribution in [3.8, 4) is 0 Å². The molecule has 0 spiro atoms. The first-order valence-corrected chi connectivity index (χ1v) is 5.51. The molecular weight excluding hydrogens is 188 g/mol. The van der Waals surface area contributed by atoms with Gasteiger partial charge in [0.05, 0.1) is 0 Å². The summed E-state index contributed by atoms with van der Waals surface area (Å²) in [5.41, 5.74) is 1.04. The zero-order chi connectivity index (χ0) is 10.9. The van der Waals surface area contributed by atoms with Gasteiger partial charge in [-0.15, -0.1) is 0 Å². The summed E-state index contributed by atoms with van der Waals surface area (Å²) in [5.74, 6) is 0.464. The van der Waals surface area contributed by atoms with Gasteiger partial charge in [-0.05, 0) is 18.4 Å². The molecule has 0 bridgehead atoms. The molecule has 0 aliphatic carbocycles. The van der Waals surface area contributed by atoms with Gasteiger partial charge in [0.1, 0.15) is 11.7 Å². The maximum atomic E-state index is 5.47. The highest BCUT2D eigenvalue weighted by molar-refractivity contribution is 5.18. The Morgan fingerprint density at radius 2 is 1.93 bits per heavy atom. The maximum absolute atomic E-state index is 5.47. The van der Waals surface area contributed by atoms with E-state index in [9.17, 15) is 0 Å². The molecule has 1 heterocycles. The fourth-order valence-electron chi connectivity index (χ4n) is 1.78. The number of benzene rings is 1. The average molecular weight is 206 g/mol. The van der Waals surface area contributed by atoms with Crippen molar-refractivity contribution in [2.75, 3.05) is 0 Å². The van der Waals surface area contributed by atoms with Gasteiger partial charge < -0.3 is 0 Å². The van der Waals surface area contributed by atoms with Gasteiger partial charge in [-0.2, -0.15) is 0 Å². The van der Waals surface area contributed by atoms with Crippen LogP contribution in [0.2, 0.25) is 0 Å². The average Bonchev–Trinajstić information content (AvgIpc) is 2.64. The molecule has 1 fully saturated rings. The van der Waals surface area contributed by atoms with E-state index in [2.05, 4.69) is 32.9 Å². The molecule has 1 aliphatic rings. The maximum Gasteiger partial charge on any atom is 0.121 e. The van der Waals surface area contributed by atoms with Gasteiger partial charge >= 0.3 is 0 Å². The van der Waals surface area contributed by atoms with Crippen LogP contribution in [-0.2, 0) is 9.78 Å². The zero-order valence-corrected chi connectivity index (χ0v) is 9.57. The van der Waals surface area contributed by atoms with Gasteiger partial charge in [0.2, 0.25) is 0 Å². The van der Waals surface area contributed by atoms with Crippen LogP contribution in [0.1, 0.15) is 38.9 Å². The lowest BCUT2D eigenvalue weighted by Gasteiger charge is -2.24. The molecule has 0 radical (unpaired) electrons. The summed E-state index contributed by atoms with van der Waals surface area (Å²) in [6.07, 6.45) is 1.01. The fourth-order valence-corrected chi connectivity index (χ4v) is 1.78. The summed E-state index contributed by atoms with van der Waals surface area (Å²) < 4.78 is 0. The normalized spacial score (nSPS) is 31.1. The van der Waals surface area contributed by atoms with E-state index >= 15 is 0 Å². The first kappa shape index (κ1) is 10.7. The van der Waals surface area contributed by atoms with Crippen LogP contribution in [0.25, 0.3) is 0 Å². The Kier molecular flexibility index (Phi) is 2.81. The van der Waals surface area contributed by atoms with E-state index in [4.69, 9.17) is 9.78 Å². The Labute approximate surface area is 91.1 Å². The second-order valence-electron chi connectivity index (χ2n) is 4.75. The molecular formula is C13H18O2. The summed E-state index contributed by atoms with van der Waals surface area (Å²) >= 11 is 0. The number of rotatable bonds is 2. The predicted molar refractivity (Wildman–Crippen MR) is 59.2 cm³/mol. The van der Waals surface area contributed by atoms with Crippen LogP contribution in [0.3, 0.4) is 0 Å². The van der Waals surface area contributed by atoms with Crippen molar-refractivity contribution in [2.24, 2.45) is 5.92 Å². The van der Waals surface area contributed by atoms with Crippen molar-refractivity contribution in [1.29, 1.82) is 0 Å². The Bertz CT molecular complexity index is 321. The van der Waals surface area contributed by atoms with Crippen LogP contribution in [-0.4, -0.2) is 5.60 Å². The molecule has 2 nitrogen and oxygen atoms in total. The van der Waals surface area contributed by atoms with Gasteiger partial charge in [-0.3, -0.25) is 0 Å². The van der Waals surface area contributed by atoms with E-state index in [0.29, 0.717) is 5.92 Å². The summed E-state index contributed by atoms with van der Waals surface area (Å²) in [5, 5.41) is 0. The Morgan fingerprint density at radius 3 is 2.47 bits per heavy atom.